The van der Waals surface area contributed by atoms with E-state index in [1.54, 1.807) is 0 Å². The van der Waals surface area contributed by atoms with Crippen LogP contribution in [-0.4, -0.2) is 67.9 Å². The van der Waals surface area contributed by atoms with Gasteiger partial charge in [-0.3, -0.25) is 4.90 Å². The molecule has 0 aliphatic carbocycles. The quantitative estimate of drug-likeness (QED) is 0.759. The molecule has 2 amide bonds. The van der Waals surface area contributed by atoms with Crippen LogP contribution in [0.25, 0.3) is 0 Å². The molecule has 2 fully saturated rings. The van der Waals surface area contributed by atoms with Crippen molar-refractivity contribution in [3.8, 4) is 5.75 Å². The summed E-state index contributed by atoms with van der Waals surface area (Å²) in [6, 6.07) is 18.1. The first kappa shape index (κ1) is 20.7. The van der Waals surface area contributed by atoms with E-state index in [9.17, 15) is 4.79 Å². The SMILES string of the molecule is O=C(Nc1cccc(OCC2CCCO2)c1)N1CCN(CCc2ccccc2)CC1. The van der Waals surface area contributed by atoms with Crippen LogP contribution in [0.3, 0.4) is 0 Å². The molecule has 0 radical (unpaired) electrons. The van der Waals surface area contributed by atoms with E-state index in [2.05, 4.69) is 34.5 Å². The van der Waals surface area contributed by atoms with Gasteiger partial charge in [0, 0.05) is 51.1 Å². The summed E-state index contributed by atoms with van der Waals surface area (Å²) in [5, 5.41) is 3.01. The zero-order valence-corrected chi connectivity index (χ0v) is 17.5. The Morgan fingerprint density at radius 2 is 1.90 bits per heavy atom. The van der Waals surface area contributed by atoms with Crippen molar-refractivity contribution in [2.75, 3.05) is 51.3 Å². The minimum absolute atomic E-state index is 0.0472. The molecule has 30 heavy (non-hydrogen) atoms. The number of amides is 2. The largest absolute Gasteiger partial charge is 0.491 e. The van der Waals surface area contributed by atoms with Crippen LogP contribution in [0.15, 0.2) is 54.6 Å². The number of nitrogens with zero attached hydrogens (tertiary/aromatic N) is 2. The van der Waals surface area contributed by atoms with Gasteiger partial charge in [0.1, 0.15) is 12.4 Å². The average molecular weight is 410 g/mol. The Bertz CT molecular complexity index is 800. The van der Waals surface area contributed by atoms with Crippen molar-refractivity contribution >= 4 is 11.7 Å². The summed E-state index contributed by atoms with van der Waals surface area (Å²) in [6.45, 7) is 5.72. The van der Waals surface area contributed by atoms with Gasteiger partial charge in [-0.25, -0.2) is 4.79 Å². The van der Waals surface area contributed by atoms with Crippen LogP contribution in [-0.2, 0) is 11.2 Å². The van der Waals surface area contributed by atoms with Gasteiger partial charge in [-0.15, -0.1) is 0 Å². The minimum Gasteiger partial charge on any atom is -0.491 e. The summed E-state index contributed by atoms with van der Waals surface area (Å²) in [5.74, 6) is 0.758. The van der Waals surface area contributed by atoms with Crippen LogP contribution in [0.4, 0.5) is 10.5 Å². The van der Waals surface area contributed by atoms with Gasteiger partial charge in [-0.1, -0.05) is 36.4 Å². The summed E-state index contributed by atoms with van der Waals surface area (Å²) in [6.07, 6.45) is 3.38. The van der Waals surface area contributed by atoms with Crippen LogP contribution in [0.1, 0.15) is 18.4 Å². The number of piperazine rings is 1. The van der Waals surface area contributed by atoms with E-state index in [0.29, 0.717) is 6.61 Å². The second-order valence-corrected chi connectivity index (χ2v) is 7.97. The van der Waals surface area contributed by atoms with Gasteiger partial charge in [0.25, 0.3) is 0 Å². The molecule has 2 heterocycles. The molecule has 2 aliphatic rings. The lowest BCUT2D eigenvalue weighted by Gasteiger charge is -2.34. The third kappa shape index (κ3) is 5.97. The van der Waals surface area contributed by atoms with Gasteiger partial charge < -0.3 is 19.7 Å². The first-order valence-corrected chi connectivity index (χ1v) is 10.9. The van der Waals surface area contributed by atoms with Gasteiger partial charge in [-0.2, -0.15) is 0 Å². The van der Waals surface area contributed by atoms with Crippen molar-refractivity contribution in [3.05, 3.63) is 60.2 Å². The number of carbonyl (C=O) groups is 1. The van der Waals surface area contributed by atoms with E-state index >= 15 is 0 Å². The van der Waals surface area contributed by atoms with Gasteiger partial charge >= 0.3 is 6.03 Å². The number of carbonyl (C=O) groups excluding carboxylic acids is 1. The predicted octanol–water partition coefficient (Wildman–Crippen LogP) is 3.64. The standard InChI is InChI=1S/C24H31N3O3/c28-24(25-21-8-4-9-22(18-21)30-19-23-10-5-17-29-23)27-15-13-26(14-16-27)12-11-20-6-2-1-3-7-20/h1-4,6-9,18,23H,5,10-17,19H2,(H,25,28). The van der Waals surface area contributed by atoms with Crippen molar-refractivity contribution in [2.45, 2.75) is 25.4 Å². The maximum Gasteiger partial charge on any atom is 0.321 e. The van der Waals surface area contributed by atoms with Crippen molar-refractivity contribution in [1.82, 2.24) is 9.80 Å². The third-order valence-electron chi connectivity index (χ3n) is 5.76. The molecule has 4 rings (SSSR count). The minimum atomic E-state index is -0.0472. The molecule has 0 spiro atoms. The van der Waals surface area contributed by atoms with Crippen LogP contribution in [0.5, 0.6) is 5.75 Å². The summed E-state index contributed by atoms with van der Waals surface area (Å²) in [4.78, 5) is 17.0. The predicted molar refractivity (Wildman–Crippen MR) is 118 cm³/mol. The average Bonchev–Trinajstić information content (AvgIpc) is 3.31. The Morgan fingerprint density at radius 3 is 2.67 bits per heavy atom. The maximum absolute atomic E-state index is 12.7. The summed E-state index contributed by atoms with van der Waals surface area (Å²) >= 11 is 0. The summed E-state index contributed by atoms with van der Waals surface area (Å²) in [7, 11) is 0. The van der Waals surface area contributed by atoms with E-state index < -0.39 is 0 Å². The number of rotatable bonds is 7. The lowest BCUT2D eigenvalue weighted by molar-refractivity contribution is 0.0680. The number of benzene rings is 2. The molecular weight excluding hydrogens is 378 g/mol. The molecule has 2 aromatic rings. The molecule has 1 unspecified atom stereocenters. The molecule has 2 aromatic carbocycles. The Kier molecular flexibility index (Phi) is 7.21. The van der Waals surface area contributed by atoms with Crippen molar-refractivity contribution < 1.29 is 14.3 Å². The van der Waals surface area contributed by atoms with E-state index in [-0.39, 0.29) is 12.1 Å². The number of hydrogen-bond acceptors (Lipinski definition) is 4. The lowest BCUT2D eigenvalue weighted by atomic mass is 10.1. The molecule has 2 aliphatic heterocycles. The second-order valence-electron chi connectivity index (χ2n) is 7.97. The fourth-order valence-electron chi connectivity index (χ4n) is 3.94. The molecule has 0 aromatic heterocycles. The highest BCUT2D eigenvalue weighted by Gasteiger charge is 2.21. The zero-order valence-electron chi connectivity index (χ0n) is 17.5. The normalized spacial score (nSPS) is 19.6. The van der Waals surface area contributed by atoms with E-state index in [4.69, 9.17) is 9.47 Å². The van der Waals surface area contributed by atoms with Crippen LogP contribution in [0, 0.1) is 0 Å². The smallest absolute Gasteiger partial charge is 0.321 e. The highest BCUT2D eigenvalue weighted by Crippen LogP contribution is 2.20. The number of nitrogens with one attached hydrogen (secondary N) is 1. The van der Waals surface area contributed by atoms with Crippen molar-refractivity contribution in [1.29, 1.82) is 0 Å². The molecule has 160 valence electrons. The number of ether oxygens (including phenoxy) is 2. The van der Waals surface area contributed by atoms with Gasteiger partial charge in [0.15, 0.2) is 0 Å². The van der Waals surface area contributed by atoms with E-state index in [1.165, 1.54) is 5.56 Å². The number of anilines is 1. The molecule has 6 heteroatoms. The second kappa shape index (κ2) is 10.5. The Labute approximate surface area is 178 Å². The van der Waals surface area contributed by atoms with E-state index in [0.717, 1.165) is 70.0 Å². The Hall–Kier alpha value is -2.57. The van der Waals surface area contributed by atoms with Gasteiger partial charge in [0.2, 0.25) is 0 Å². The molecule has 0 bridgehead atoms. The fourth-order valence-corrected chi connectivity index (χ4v) is 3.94. The highest BCUT2D eigenvalue weighted by molar-refractivity contribution is 5.89. The molecular formula is C24H31N3O3. The summed E-state index contributed by atoms with van der Waals surface area (Å²) in [5.41, 5.74) is 2.12. The van der Waals surface area contributed by atoms with E-state index in [1.807, 2.05) is 35.2 Å². The Balaban J connectivity index is 1.20. The Morgan fingerprint density at radius 1 is 1.07 bits per heavy atom. The van der Waals surface area contributed by atoms with Crippen LogP contribution >= 0.6 is 0 Å². The zero-order chi connectivity index (χ0) is 20.6. The van der Waals surface area contributed by atoms with Crippen molar-refractivity contribution in [2.24, 2.45) is 0 Å². The van der Waals surface area contributed by atoms with Gasteiger partial charge in [0.05, 0.1) is 6.10 Å². The molecule has 1 atom stereocenters. The van der Waals surface area contributed by atoms with Crippen molar-refractivity contribution in [3.63, 3.8) is 0 Å². The third-order valence-corrected chi connectivity index (χ3v) is 5.76. The van der Waals surface area contributed by atoms with Crippen LogP contribution in [0.2, 0.25) is 0 Å². The number of hydrogen-bond donors (Lipinski definition) is 1. The number of urea groups is 1. The molecule has 0 saturated carbocycles. The molecule has 6 nitrogen and oxygen atoms in total. The maximum atomic E-state index is 12.7. The first-order chi connectivity index (χ1) is 14.8. The summed E-state index contributed by atoms with van der Waals surface area (Å²) < 4.78 is 11.4. The van der Waals surface area contributed by atoms with Gasteiger partial charge in [-0.05, 0) is 37.0 Å². The fraction of sp³-hybridized carbons (Fsp3) is 0.458. The topological polar surface area (TPSA) is 54.0 Å². The monoisotopic (exact) mass is 409 g/mol. The molecule has 1 N–H and O–H groups in total. The highest BCUT2D eigenvalue weighted by atomic mass is 16.5. The first-order valence-electron chi connectivity index (χ1n) is 10.9. The molecule has 2 saturated heterocycles. The van der Waals surface area contributed by atoms with Crippen LogP contribution < -0.4 is 10.1 Å². The lowest BCUT2D eigenvalue weighted by Crippen LogP contribution is -2.50.